The number of guanidine groups is 1. The van der Waals surface area contributed by atoms with Crippen LogP contribution in [-0.4, -0.2) is 24.7 Å². The van der Waals surface area contributed by atoms with Gasteiger partial charge in [-0.05, 0) is 62.6 Å². The van der Waals surface area contributed by atoms with Crippen LogP contribution in [0.1, 0.15) is 33.0 Å². The minimum Gasteiger partial charge on any atom is -0.491 e. The zero-order chi connectivity index (χ0) is 17.6. The Hall–Kier alpha value is -1.70. The molecule has 2 N–H and O–H groups in total. The van der Waals surface area contributed by atoms with Crippen molar-refractivity contribution in [1.82, 2.24) is 5.32 Å². The molecule has 1 saturated carbocycles. The van der Waals surface area contributed by atoms with Crippen molar-refractivity contribution < 1.29 is 9.15 Å². The van der Waals surface area contributed by atoms with E-state index in [2.05, 4.69) is 22.5 Å². The van der Waals surface area contributed by atoms with Gasteiger partial charge in [-0.25, -0.2) is 0 Å². The minimum atomic E-state index is 0. The Morgan fingerprint density at radius 1 is 1.27 bits per heavy atom. The van der Waals surface area contributed by atoms with Gasteiger partial charge in [-0.1, -0.05) is 6.92 Å². The molecule has 1 aromatic heterocycles. The summed E-state index contributed by atoms with van der Waals surface area (Å²) in [5.41, 5.74) is 0.994. The molecule has 1 aliphatic rings. The van der Waals surface area contributed by atoms with Gasteiger partial charge in [-0.15, -0.1) is 24.0 Å². The van der Waals surface area contributed by atoms with Crippen molar-refractivity contribution >= 4 is 35.6 Å². The van der Waals surface area contributed by atoms with Crippen LogP contribution in [0.3, 0.4) is 0 Å². The Balaban J connectivity index is 0.00000243. The second-order valence-corrected chi connectivity index (χ2v) is 6.84. The number of aliphatic imine (C=N–C) groups is 1. The van der Waals surface area contributed by atoms with E-state index in [-0.39, 0.29) is 30.1 Å². The second-order valence-electron chi connectivity index (χ2n) is 6.84. The van der Waals surface area contributed by atoms with Gasteiger partial charge in [0.25, 0.3) is 0 Å². The van der Waals surface area contributed by atoms with Crippen LogP contribution in [0.4, 0.5) is 5.69 Å². The van der Waals surface area contributed by atoms with Crippen molar-refractivity contribution in [2.24, 2.45) is 10.9 Å². The van der Waals surface area contributed by atoms with E-state index in [1.807, 2.05) is 50.2 Å². The van der Waals surface area contributed by atoms with E-state index in [0.29, 0.717) is 18.5 Å². The molecule has 2 aromatic rings. The molecule has 0 spiro atoms. The molecular formula is C20H28IN3O2. The molecule has 1 fully saturated rings. The molecule has 2 atom stereocenters. The van der Waals surface area contributed by atoms with Gasteiger partial charge in [0.15, 0.2) is 5.96 Å². The van der Waals surface area contributed by atoms with Gasteiger partial charge < -0.3 is 19.8 Å². The lowest BCUT2D eigenvalue weighted by Crippen LogP contribution is -2.33. The molecule has 1 heterocycles. The van der Waals surface area contributed by atoms with Gasteiger partial charge in [0, 0.05) is 24.7 Å². The summed E-state index contributed by atoms with van der Waals surface area (Å²) in [5, 5.41) is 6.88. The lowest BCUT2D eigenvalue weighted by atomic mass is 10.3. The normalized spacial score (nSPS) is 19.0. The highest BCUT2D eigenvalue weighted by Crippen LogP contribution is 2.29. The van der Waals surface area contributed by atoms with Crippen LogP contribution >= 0.6 is 24.0 Å². The molecule has 1 aromatic carbocycles. The third-order valence-electron chi connectivity index (χ3n) is 4.13. The summed E-state index contributed by atoms with van der Waals surface area (Å²) in [6.07, 6.45) is 3.86. The van der Waals surface area contributed by atoms with E-state index >= 15 is 0 Å². The fraction of sp³-hybridized carbons (Fsp3) is 0.450. The van der Waals surface area contributed by atoms with Crippen LogP contribution in [0.25, 0.3) is 0 Å². The summed E-state index contributed by atoms with van der Waals surface area (Å²) in [6, 6.07) is 12.4. The van der Waals surface area contributed by atoms with E-state index in [0.717, 1.165) is 29.6 Å². The van der Waals surface area contributed by atoms with E-state index < -0.39 is 0 Å². The number of nitrogens with one attached hydrogen (secondary N) is 2. The van der Waals surface area contributed by atoms with Crippen molar-refractivity contribution in [3.05, 3.63) is 48.4 Å². The minimum absolute atomic E-state index is 0. The first kappa shape index (κ1) is 20.6. The number of furan rings is 1. The predicted octanol–water partition coefficient (Wildman–Crippen LogP) is 4.69. The molecule has 6 heteroatoms. The maximum absolute atomic E-state index is 5.68. The van der Waals surface area contributed by atoms with Gasteiger partial charge in [0.1, 0.15) is 11.5 Å². The van der Waals surface area contributed by atoms with Crippen LogP contribution in [0, 0.1) is 5.92 Å². The van der Waals surface area contributed by atoms with E-state index in [9.17, 15) is 0 Å². The van der Waals surface area contributed by atoms with Gasteiger partial charge in [0.2, 0.25) is 0 Å². The van der Waals surface area contributed by atoms with Gasteiger partial charge in [-0.3, -0.25) is 4.99 Å². The monoisotopic (exact) mass is 469 g/mol. The molecule has 0 amide bonds. The fourth-order valence-electron chi connectivity index (χ4n) is 2.58. The van der Waals surface area contributed by atoms with Crippen molar-refractivity contribution in [3.8, 4) is 5.75 Å². The first-order chi connectivity index (χ1) is 12.1. The van der Waals surface area contributed by atoms with Crippen LogP contribution in [-0.2, 0) is 6.42 Å². The summed E-state index contributed by atoms with van der Waals surface area (Å²) >= 11 is 0. The standard InChI is InChI=1S/C20H27N3O2.HI/c1-14(2)25-18-8-6-16(7-9-18)22-20(23-19-13-15(19)3)21-11-10-17-5-4-12-24-17;/h4-9,12,14-15,19H,10-11,13H2,1-3H3,(H2,21,22,23);1H. The van der Waals surface area contributed by atoms with E-state index in [1.165, 1.54) is 6.42 Å². The Labute approximate surface area is 172 Å². The molecule has 26 heavy (non-hydrogen) atoms. The molecule has 3 rings (SSSR count). The quantitative estimate of drug-likeness (QED) is 0.351. The van der Waals surface area contributed by atoms with Crippen molar-refractivity contribution in [2.45, 2.75) is 45.8 Å². The Kier molecular flexibility index (Phi) is 7.81. The molecule has 0 aliphatic heterocycles. The maximum Gasteiger partial charge on any atom is 0.196 e. The number of hydrogen-bond donors (Lipinski definition) is 2. The third kappa shape index (κ3) is 6.55. The third-order valence-corrected chi connectivity index (χ3v) is 4.13. The lowest BCUT2D eigenvalue weighted by Gasteiger charge is -2.14. The summed E-state index contributed by atoms with van der Waals surface area (Å²) in [7, 11) is 0. The summed E-state index contributed by atoms with van der Waals surface area (Å²) in [4.78, 5) is 4.68. The highest BCUT2D eigenvalue weighted by Gasteiger charge is 2.33. The first-order valence-electron chi connectivity index (χ1n) is 8.97. The number of benzene rings is 1. The largest absolute Gasteiger partial charge is 0.491 e. The number of anilines is 1. The zero-order valence-corrected chi connectivity index (χ0v) is 17.9. The highest BCUT2D eigenvalue weighted by molar-refractivity contribution is 14.0. The fourth-order valence-corrected chi connectivity index (χ4v) is 2.58. The van der Waals surface area contributed by atoms with Gasteiger partial charge in [-0.2, -0.15) is 0 Å². The average Bonchev–Trinajstić information content (AvgIpc) is 3.04. The molecule has 0 radical (unpaired) electrons. The van der Waals surface area contributed by atoms with Gasteiger partial charge in [0.05, 0.1) is 12.4 Å². The summed E-state index contributed by atoms with van der Waals surface area (Å²) in [6.45, 7) is 6.97. The second kappa shape index (κ2) is 9.85. The molecule has 0 saturated heterocycles. The van der Waals surface area contributed by atoms with E-state index in [4.69, 9.17) is 9.15 Å². The van der Waals surface area contributed by atoms with Gasteiger partial charge >= 0.3 is 0 Å². The smallest absolute Gasteiger partial charge is 0.196 e. The van der Waals surface area contributed by atoms with Crippen molar-refractivity contribution in [1.29, 1.82) is 0 Å². The predicted molar refractivity (Wildman–Crippen MR) is 117 cm³/mol. The van der Waals surface area contributed by atoms with Crippen LogP contribution < -0.4 is 15.4 Å². The lowest BCUT2D eigenvalue weighted by molar-refractivity contribution is 0.242. The van der Waals surface area contributed by atoms with Crippen molar-refractivity contribution in [3.63, 3.8) is 0 Å². The van der Waals surface area contributed by atoms with Crippen LogP contribution in [0.5, 0.6) is 5.75 Å². The zero-order valence-electron chi connectivity index (χ0n) is 15.6. The Morgan fingerprint density at radius 2 is 2.00 bits per heavy atom. The summed E-state index contributed by atoms with van der Waals surface area (Å²) in [5.74, 6) is 3.36. The summed E-state index contributed by atoms with van der Waals surface area (Å²) < 4.78 is 11.0. The topological polar surface area (TPSA) is 58.8 Å². The highest BCUT2D eigenvalue weighted by atomic mass is 127. The molecule has 0 bridgehead atoms. The molecule has 1 aliphatic carbocycles. The average molecular weight is 469 g/mol. The van der Waals surface area contributed by atoms with Crippen LogP contribution in [0.2, 0.25) is 0 Å². The first-order valence-corrected chi connectivity index (χ1v) is 8.97. The Bertz CT molecular complexity index is 684. The van der Waals surface area contributed by atoms with Crippen LogP contribution in [0.15, 0.2) is 52.1 Å². The van der Waals surface area contributed by atoms with E-state index in [1.54, 1.807) is 6.26 Å². The van der Waals surface area contributed by atoms with Crippen molar-refractivity contribution in [2.75, 3.05) is 11.9 Å². The maximum atomic E-state index is 5.68. The number of nitrogens with zero attached hydrogens (tertiary/aromatic N) is 1. The molecule has 5 nitrogen and oxygen atoms in total. The number of halogens is 1. The SMILES string of the molecule is CC(C)Oc1ccc(NC(=NCCc2ccco2)NC2CC2C)cc1.I. The molecular weight excluding hydrogens is 441 g/mol. The molecule has 142 valence electrons. The number of ether oxygens (including phenoxy) is 1. The number of rotatable bonds is 7. The molecule has 2 unspecified atom stereocenters. The number of hydrogen-bond acceptors (Lipinski definition) is 3. The Morgan fingerprint density at radius 3 is 2.58 bits per heavy atom.